The van der Waals surface area contributed by atoms with Gasteiger partial charge < -0.3 is 15.7 Å². The molecule has 2 heterocycles. The molecule has 2 aromatic heterocycles. The quantitative estimate of drug-likeness (QED) is 0.787. The predicted octanol–water partition coefficient (Wildman–Crippen LogP) is 1.85. The van der Waals surface area contributed by atoms with Gasteiger partial charge in [-0.25, -0.2) is 4.79 Å². The number of carbonyl (C=O) groups is 1. The maximum Gasteiger partial charge on any atom is 0.315 e. The minimum Gasteiger partial charge on any atom is -0.383 e. The molecule has 20 heavy (non-hydrogen) atoms. The number of aromatic nitrogens is 1. The molecular weight excluding hydrogens is 274 g/mol. The van der Waals surface area contributed by atoms with Crippen molar-refractivity contribution < 1.29 is 9.90 Å². The lowest BCUT2D eigenvalue weighted by Crippen LogP contribution is -2.42. The number of hydrogen-bond donors (Lipinski definition) is 3. The molecule has 106 valence electrons. The van der Waals surface area contributed by atoms with Crippen molar-refractivity contribution >= 4 is 17.4 Å². The van der Waals surface area contributed by atoms with Crippen LogP contribution in [0.2, 0.25) is 0 Å². The van der Waals surface area contributed by atoms with Crippen LogP contribution >= 0.6 is 11.3 Å². The summed E-state index contributed by atoms with van der Waals surface area (Å²) in [4.78, 5) is 16.5. The van der Waals surface area contributed by atoms with Crippen molar-refractivity contribution in [2.75, 3.05) is 6.54 Å². The van der Waals surface area contributed by atoms with Crippen LogP contribution in [-0.2, 0) is 12.1 Å². The molecule has 3 N–H and O–H groups in total. The second-order valence-corrected chi connectivity index (χ2v) is 5.60. The van der Waals surface area contributed by atoms with Crippen LogP contribution in [0.5, 0.6) is 0 Å². The van der Waals surface area contributed by atoms with E-state index in [0.29, 0.717) is 6.54 Å². The Hall–Kier alpha value is -1.92. The molecule has 6 heteroatoms. The number of pyridine rings is 1. The van der Waals surface area contributed by atoms with Gasteiger partial charge in [0.2, 0.25) is 0 Å². The Kier molecular flexibility index (Phi) is 4.70. The number of urea groups is 1. The lowest BCUT2D eigenvalue weighted by atomic mass is 10.1. The Balaban J connectivity index is 1.78. The molecule has 0 radical (unpaired) electrons. The van der Waals surface area contributed by atoms with Crippen LogP contribution in [0.4, 0.5) is 4.79 Å². The second kappa shape index (κ2) is 6.49. The molecule has 0 aliphatic heterocycles. The molecule has 0 aromatic carbocycles. The maximum atomic E-state index is 11.7. The summed E-state index contributed by atoms with van der Waals surface area (Å²) in [5.74, 6) is 0. The second-order valence-electron chi connectivity index (χ2n) is 4.65. The van der Waals surface area contributed by atoms with Crippen molar-refractivity contribution in [2.45, 2.75) is 19.1 Å². The molecule has 0 spiro atoms. The highest BCUT2D eigenvalue weighted by molar-refractivity contribution is 7.10. The zero-order valence-electron chi connectivity index (χ0n) is 11.2. The lowest BCUT2D eigenvalue weighted by molar-refractivity contribution is 0.0631. The first-order valence-corrected chi connectivity index (χ1v) is 7.13. The van der Waals surface area contributed by atoms with Crippen LogP contribution in [0.25, 0.3) is 0 Å². The molecule has 2 amide bonds. The fourth-order valence-corrected chi connectivity index (χ4v) is 2.46. The van der Waals surface area contributed by atoms with Crippen molar-refractivity contribution in [2.24, 2.45) is 0 Å². The Labute approximate surface area is 121 Å². The van der Waals surface area contributed by atoms with E-state index in [1.165, 1.54) is 11.3 Å². The number of hydrogen-bond acceptors (Lipinski definition) is 4. The first-order valence-electron chi connectivity index (χ1n) is 6.25. The summed E-state index contributed by atoms with van der Waals surface area (Å²) in [5, 5.41) is 17.5. The standard InChI is InChI=1S/C14H17N3O2S/c1-14(19,12-5-3-7-20-12)10-17-13(18)16-9-11-4-2-6-15-8-11/h2-8,19H,9-10H2,1H3,(H2,16,17,18). The lowest BCUT2D eigenvalue weighted by Gasteiger charge is -2.22. The van der Waals surface area contributed by atoms with Crippen LogP contribution in [0.1, 0.15) is 17.4 Å². The van der Waals surface area contributed by atoms with Gasteiger partial charge in [0.15, 0.2) is 0 Å². The van der Waals surface area contributed by atoms with E-state index in [1.54, 1.807) is 19.3 Å². The summed E-state index contributed by atoms with van der Waals surface area (Å²) < 4.78 is 0. The van der Waals surface area contributed by atoms with Crippen molar-refractivity contribution in [1.82, 2.24) is 15.6 Å². The van der Waals surface area contributed by atoms with Gasteiger partial charge in [-0.2, -0.15) is 0 Å². The van der Waals surface area contributed by atoms with Crippen molar-refractivity contribution in [3.63, 3.8) is 0 Å². The fourth-order valence-electron chi connectivity index (χ4n) is 1.67. The van der Waals surface area contributed by atoms with Crippen LogP contribution < -0.4 is 10.6 Å². The number of aliphatic hydroxyl groups is 1. The highest BCUT2D eigenvalue weighted by atomic mass is 32.1. The number of amides is 2. The van der Waals surface area contributed by atoms with Gasteiger partial charge in [-0.15, -0.1) is 11.3 Å². The van der Waals surface area contributed by atoms with Crippen molar-refractivity contribution in [3.05, 3.63) is 52.5 Å². The highest BCUT2D eigenvalue weighted by Gasteiger charge is 2.24. The zero-order valence-corrected chi connectivity index (χ0v) is 12.0. The predicted molar refractivity (Wildman–Crippen MR) is 78.4 cm³/mol. The Morgan fingerprint density at radius 1 is 1.40 bits per heavy atom. The van der Waals surface area contributed by atoms with Crippen LogP contribution in [0.15, 0.2) is 42.0 Å². The van der Waals surface area contributed by atoms with Gasteiger partial charge in [0.25, 0.3) is 0 Å². The monoisotopic (exact) mass is 291 g/mol. The van der Waals surface area contributed by atoms with E-state index in [9.17, 15) is 9.90 Å². The van der Waals surface area contributed by atoms with E-state index in [2.05, 4.69) is 15.6 Å². The fraction of sp³-hybridized carbons (Fsp3) is 0.286. The molecule has 0 aliphatic carbocycles. The third-order valence-electron chi connectivity index (χ3n) is 2.82. The van der Waals surface area contributed by atoms with Crippen molar-refractivity contribution in [1.29, 1.82) is 0 Å². The largest absolute Gasteiger partial charge is 0.383 e. The molecule has 0 saturated heterocycles. The minimum absolute atomic E-state index is 0.159. The van der Waals surface area contributed by atoms with Gasteiger partial charge in [-0.05, 0) is 30.0 Å². The average Bonchev–Trinajstić information content (AvgIpc) is 2.99. The smallest absolute Gasteiger partial charge is 0.315 e. The number of rotatable bonds is 5. The minimum atomic E-state index is -1.06. The normalized spacial score (nSPS) is 13.5. The van der Waals surface area contributed by atoms with Gasteiger partial charge >= 0.3 is 6.03 Å². The molecule has 1 atom stereocenters. The van der Waals surface area contributed by atoms with Crippen molar-refractivity contribution in [3.8, 4) is 0 Å². The Morgan fingerprint density at radius 3 is 2.90 bits per heavy atom. The third-order valence-corrected chi connectivity index (χ3v) is 3.94. The zero-order chi connectivity index (χ0) is 14.4. The molecule has 0 bridgehead atoms. The molecule has 2 aromatic rings. The molecule has 0 saturated carbocycles. The number of nitrogens with zero attached hydrogens (tertiary/aromatic N) is 1. The third kappa shape index (κ3) is 4.04. The van der Waals surface area contributed by atoms with E-state index >= 15 is 0 Å². The first kappa shape index (κ1) is 14.5. The number of thiophene rings is 1. The molecular formula is C14H17N3O2S. The van der Waals surface area contributed by atoms with Gasteiger partial charge in [0.1, 0.15) is 5.60 Å². The number of nitrogens with one attached hydrogen (secondary N) is 2. The maximum absolute atomic E-state index is 11.7. The molecule has 2 rings (SSSR count). The summed E-state index contributed by atoms with van der Waals surface area (Å²) >= 11 is 1.46. The van der Waals surface area contributed by atoms with E-state index in [0.717, 1.165) is 10.4 Å². The molecule has 1 unspecified atom stereocenters. The van der Waals surface area contributed by atoms with E-state index in [-0.39, 0.29) is 12.6 Å². The van der Waals surface area contributed by atoms with Crippen LogP contribution in [0, 0.1) is 0 Å². The summed E-state index contributed by atoms with van der Waals surface area (Å²) in [5.41, 5.74) is -0.132. The molecule has 0 aliphatic rings. The summed E-state index contributed by atoms with van der Waals surface area (Å²) in [6.07, 6.45) is 3.38. The van der Waals surface area contributed by atoms with E-state index in [1.807, 2.05) is 29.6 Å². The van der Waals surface area contributed by atoms with Gasteiger partial charge in [0, 0.05) is 23.8 Å². The van der Waals surface area contributed by atoms with E-state index < -0.39 is 5.60 Å². The van der Waals surface area contributed by atoms with Crippen LogP contribution in [0.3, 0.4) is 0 Å². The molecule has 0 fully saturated rings. The summed E-state index contributed by atoms with van der Waals surface area (Å²) in [7, 11) is 0. The topological polar surface area (TPSA) is 74.2 Å². The summed E-state index contributed by atoms with van der Waals surface area (Å²) in [6, 6.07) is 7.10. The number of carbonyl (C=O) groups excluding carboxylic acids is 1. The summed E-state index contributed by atoms with van der Waals surface area (Å²) in [6.45, 7) is 2.24. The van der Waals surface area contributed by atoms with Gasteiger partial charge in [-0.1, -0.05) is 12.1 Å². The average molecular weight is 291 g/mol. The SMILES string of the molecule is CC(O)(CNC(=O)NCc1cccnc1)c1cccs1. The molecule has 5 nitrogen and oxygen atoms in total. The van der Waals surface area contributed by atoms with E-state index in [4.69, 9.17) is 0 Å². The Bertz CT molecular complexity index is 541. The first-order chi connectivity index (χ1) is 9.58. The Morgan fingerprint density at radius 2 is 2.25 bits per heavy atom. The van der Waals surface area contributed by atoms with Gasteiger partial charge in [-0.3, -0.25) is 4.98 Å². The van der Waals surface area contributed by atoms with Gasteiger partial charge in [0.05, 0.1) is 6.54 Å². The van der Waals surface area contributed by atoms with Crippen LogP contribution in [-0.4, -0.2) is 22.7 Å². The highest BCUT2D eigenvalue weighted by Crippen LogP contribution is 2.24.